The van der Waals surface area contributed by atoms with E-state index in [0.717, 1.165) is 5.69 Å². The topological polar surface area (TPSA) is 58.6 Å². The van der Waals surface area contributed by atoms with Crippen molar-refractivity contribution in [1.29, 1.82) is 0 Å². The van der Waals surface area contributed by atoms with Gasteiger partial charge in [0.15, 0.2) is 6.29 Å². The van der Waals surface area contributed by atoms with Crippen LogP contribution >= 0.6 is 0 Å². The smallest absolute Gasteiger partial charge is 0.226 e. The second-order valence-electron chi connectivity index (χ2n) is 2.50. The molecule has 1 heterocycles. The molecule has 12 heavy (non-hydrogen) atoms. The van der Waals surface area contributed by atoms with Crippen LogP contribution in [0, 0.1) is 0 Å². The van der Waals surface area contributed by atoms with Gasteiger partial charge in [0.05, 0.1) is 5.69 Å². The average molecular weight is 165 g/mol. The number of rotatable bonds is 1. The molecule has 1 aromatic carbocycles. The van der Waals surface area contributed by atoms with Gasteiger partial charge in [-0.2, -0.15) is 0 Å². The molecule has 0 aromatic heterocycles. The van der Waals surface area contributed by atoms with Crippen LogP contribution in [-0.2, 0) is 4.79 Å². The van der Waals surface area contributed by atoms with E-state index in [-0.39, 0.29) is 5.75 Å². The van der Waals surface area contributed by atoms with Crippen molar-refractivity contribution in [3.05, 3.63) is 18.2 Å². The Morgan fingerprint density at radius 2 is 2.42 bits per heavy atom. The molecular formula is C8H7NO3. The van der Waals surface area contributed by atoms with Crippen LogP contribution in [0.15, 0.2) is 18.2 Å². The Kier molecular flexibility index (Phi) is 1.40. The highest BCUT2D eigenvalue weighted by Crippen LogP contribution is 2.33. The van der Waals surface area contributed by atoms with Crippen LogP contribution in [0.25, 0.3) is 0 Å². The number of nitrogens with one attached hydrogen (secondary N) is 1. The van der Waals surface area contributed by atoms with Gasteiger partial charge in [-0.25, -0.2) is 0 Å². The van der Waals surface area contributed by atoms with Crippen molar-refractivity contribution in [2.45, 2.75) is 6.23 Å². The molecule has 1 aromatic rings. The predicted molar refractivity (Wildman–Crippen MR) is 42.2 cm³/mol. The highest BCUT2D eigenvalue weighted by molar-refractivity contribution is 5.71. The number of hydrogen-bond donors (Lipinski definition) is 2. The second kappa shape index (κ2) is 2.41. The first-order valence-corrected chi connectivity index (χ1v) is 3.51. The van der Waals surface area contributed by atoms with Gasteiger partial charge in [0.25, 0.3) is 0 Å². The number of ether oxygens (including phenoxy) is 1. The molecule has 2 N–H and O–H groups in total. The van der Waals surface area contributed by atoms with Crippen LogP contribution < -0.4 is 10.1 Å². The van der Waals surface area contributed by atoms with Crippen molar-refractivity contribution in [2.75, 3.05) is 5.32 Å². The fourth-order valence-electron chi connectivity index (χ4n) is 1.11. The minimum absolute atomic E-state index is 0.127. The lowest BCUT2D eigenvalue weighted by Crippen LogP contribution is -2.20. The Labute approximate surface area is 68.8 Å². The van der Waals surface area contributed by atoms with E-state index in [1.165, 1.54) is 12.1 Å². The van der Waals surface area contributed by atoms with Gasteiger partial charge < -0.3 is 15.2 Å². The van der Waals surface area contributed by atoms with E-state index >= 15 is 0 Å². The normalized spacial score (nSPS) is 19.2. The lowest BCUT2D eigenvalue weighted by Gasteiger charge is -1.99. The van der Waals surface area contributed by atoms with Crippen molar-refractivity contribution in [2.24, 2.45) is 0 Å². The molecule has 1 aliphatic heterocycles. The molecule has 0 aliphatic carbocycles. The van der Waals surface area contributed by atoms with Crippen LogP contribution in [0.5, 0.6) is 11.5 Å². The Hall–Kier alpha value is -1.71. The van der Waals surface area contributed by atoms with E-state index in [1.807, 2.05) is 0 Å². The lowest BCUT2D eigenvalue weighted by molar-refractivity contribution is -0.112. The first kappa shape index (κ1) is 6.97. The predicted octanol–water partition coefficient (Wildman–Crippen LogP) is 0.721. The SMILES string of the molecule is O=CC1Nc2ccc(O)cc2O1. The minimum Gasteiger partial charge on any atom is -0.508 e. The van der Waals surface area contributed by atoms with Crippen LogP contribution in [0.1, 0.15) is 0 Å². The van der Waals surface area contributed by atoms with E-state index in [2.05, 4.69) is 5.32 Å². The fraction of sp³-hybridized carbons (Fsp3) is 0.125. The molecule has 0 bridgehead atoms. The fourth-order valence-corrected chi connectivity index (χ4v) is 1.11. The Balaban J connectivity index is 2.35. The van der Waals surface area contributed by atoms with E-state index < -0.39 is 6.23 Å². The molecule has 62 valence electrons. The summed E-state index contributed by atoms with van der Waals surface area (Å²) >= 11 is 0. The van der Waals surface area contributed by atoms with Crippen LogP contribution in [0.3, 0.4) is 0 Å². The van der Waals surface area contributed by atoms with E-state index in [1.54, 1.807) is 6.07 Å². The minimum atomic E-state index is -0.623. The number of phenolic OH excluding ortho intramolecular Hbond substituents is 1. The van der Waals surface area contributed by atoms with E-state index in [4.69, 9.17) is 9.84 Å². The number of fused-ring (bicyclic) bond motifs is 1. The largest absolute Gasteiger partial charge is 0.508 e. The summed E-state index contributed by atoms with van der Waals surface area (Å²) in [5.41, 5.74) is 0.727. The van der Waals surface area contributed by atoms with Crippen molar-refractivity contribution in [1.82, 2.24) is 0 Å². The molecular weight excluding hydrogens is 158 g/mol. The van der Waals surface area contributed by atoms with Gasteiger partial charge in [-0.15, -0.1) is 0 Å². The standard InChI is InChI=1S/C8H7NO3/c10-4-8-9-6-2-1-5(11)3-7(6)12-8/h1-4,8-9,11H. The van der Waals surface area contributed by atoms with Gasteiger partial charge >= 0.3 is 0 Å². The van der Waals surface area contributed by atoms with Crippen LogP contribution in [0.2, 0.25) is 0 Å². The third-order valence-electron chi connectivity index (χ3n) is 1.64. The number of aldehydes is 1. The van der Waals surface area contributed by atoms with Crippen LogP contribution in [-0.4, -0.2) is 17.6 Å². The number of anilines is 1. The Bertz CT molecular complexity index is 324. The molecule has 0 radical (unpaired) electrons. The highest BCUT2D eigenvalue weighted by Gasteiger charge is 2.20. The van der Waals surface area contributed by atoms with Gasteiger partial charge in [-0.1, -0.05) is 0 Å². The van der Waals surface area contributed by atoms with Gasteiger partial charge in [0.1, 0.15) is 11.5 Å². The van der Waals surface area contributed by atoms with Crippen LogP contribution in [0.4, 0.5) is 5.69 Å². The first-order valence-electron chi connectivity index (χ1n) is 3.51. The molecule has 1 aliphatic rings. The number of phenols is 1. The van der Waals surface area contributed by atoms with Crippen molar-refractivity contribution in [3.63, 3.8) is 0 Å². The molecule has 0 amide bonds. The maximum absolute atomic E-state index is 10.3. The number of hydrogen-bond acceptors (Lipinski definition) is 4. The second-order valence-corrected chi connectivity index (χ2v) is 2.50. The molecule has 2 rings (SSSR count). The zero-order chi connectivity index (χ0) is 8.55. The van der Waals surface area contributed by atoms with Crippen molar-refractivity contribution in [3.8, 4) is 11.5 Å². The molecule has 0 saturated heterocycles. The quantitative estimate of drug-likeness (QED) is 0.475. The number of benzene rings is 1. The molecule has 1 atom stereocenters. The molecule has 4 nitrogen and oxygen atoms in total. The summed E-state index contributed by atoms with van der Waals surface area (Å²) in [4.78, 5) is 10.3. The summed E-state index contributed by atoms with van der Waals surface area (Å²) in [7, 11) is 0. The maximum Gasteiger partial charge on any atom is 0.226 e. The monoisotopic (exact) mass is 165 g/mol. The third kappa shape index (κ3) is 0.972. The summed E-state index contributed by atoms with van der Waals surface area (Å²) in [5.74, 6) is 0.634. The lowest BCUT2D eigenvalue weighted by atomic mass is 10.3. The molecule has 0 saturated carbocycles. The van der Waals surface area contributed by atoms with Gasteiger partial charge in [0.2, 0.25) is 6.23 Å². The molecule has 1 unspecified atom stereocenters. The summed E-state index contributed by atoms with van der Waals surface area (Å²) < 4.78 is 5.10. The van der Waals surface area contributed by atoms with Crippen molar-refractivity contribution >= 4 is 12.0 Å². The number of carbonyl (C=O) groups is 1. The zero-order valence-electron chi connectivity index (χ0n) is 6.15. The third-order valence-corrected chi connectivity index (χ3v) is 1.64. The summed E-state index contributed by atoms with van der Waals surface area (Å²) in [5, 5.41) is 11.9. The number of aromatic hydroxyl groups is 1. The van der Waals surface area contributed by atoms with E-state index in [9.17, 15) is 4.79 Å². The zero-order valence-corrected chi connectivity index (χ0v) is 6.15. The molecule has 0 fully saturated rings. The highest BCUT2D eigenvalue weighted by atomic mass is 16.5. The average Bonchev–Trinajstić information content (AvgIpc) is 2.46. The summed E-state index contributed by atoms with van der Waals surface area (Å²) in [6.07, 6.45) is 0.0404. The Morgan fingerprint density at radius 3 is 3.17 bits per heavy atom. The molecule has 0 spiro atoms. The van der Waals surface area contributed by atoms with Crippen molar-refractivity contribution < 1.29 is 14.6 Å². The molecule has 4 heteroatoms. The number of carbonyl (C=O) groups excluding carboxylic acids is 1. The van der Waals surface area contributed by atoms with Gasteiger partial charge in [-0.05, 0) is 12.1 Å². The van der Waals surface area contributed by atoms with E-state index in [0.29, 0.717) is 12.0 Å². The van der Waals surface area contributed by atoms with Gasteiger partial charge in [-0.3, -0.25) is 4.79 Å². The maximum atomic E-state index is 10.3. The first-order chi connectivity index (χ1) is 5.79. The Morgan fingerprint density at radius 1 is 1.58 bits per heavy atom. The summed E-state index contributed by atoms with van der Waals surface area (Å²) in [6.45, 7) is 0. The van der Waals surface area contributed by atoms with Gasteiger partial charge in [0, 0.05) is 6.07 Å². The summed E-state index contributed by atoms with van der Waals surface area (Å²) in [6, 6.07) is 4.66.